The Morgan fingerprint density at radius 2 is 1.96 bits per heavy atom. The Labute approximate surface area is 161 Å². The van der Waals surface area contributed by atoms with Crippen molar-refractivity contribution in [2.45, 2.75) is 84.7 Å². The maximum atomic E-state index is 10.1. The molecule has 1 nitrogen and oxygen atoms in total. The number of aliphatic hydroxyl groups is 1. The average Bonchev–Trinajstić information content (AvgIpc) is 2.93. The number of fused-ring (bicyclic) bond motifs is 1. The van der Waals surface area contributed by atoms with Crippen LogP contribution in [0.15, 0.2) is 47.6 Å². The summed E-state index contributed by atoms with van der Waals surface area (Å²) in [6.45, 7) is 11.2. The standard InChI is InChI=1S/C25H38O/c1-18(2)8-5-11-22-15-16-23-21(10-7-17-25(22,23)4)14-13-20-9-6-12-24(26)19(20)3/h5,8,13-14,18,22-24,26H,3,6-7,9-12,15-17H2,1-2,4H3/b8-5+,20-13-,21-14+. The van der Waals surface area contributed by atoms with Crippen LogP contribution in [0.4, 0.5) is 0 Å². The lowest BCUT2D eigenvalue weighted by atomic mass is 9.63. The molecule has 144 valence electrons. The van der Waals surface area contributed by atoms with E-state index < -0.39 is 0 Å². The summed E-state index contributed by atoms with van der Waals surface area (Å²) in [5.41, 5.74) is 4.37. The van der Waals surface area contributed by atoms with Crippen LogP contribution in [0.3, 0.4) is 0 Å². The zero-order valence-corrected chi connectivity index (χ0v) is 17.1. The van der Waals surface area contributed by atoms with E-state index in [1.54, 1.807) is 5.57 Å². The van der Waals surface area contributed by atoms with Crippen molar-refractivity contribution in [3.8, 4) is 0 Å². The van der Waals surface area contributed by atoms with E-state index in [2.05, 4.69) is 51.7 Å². The van der Waals surface area contributed by atoms with Gasteiger partial charge >= 0.3 is 0 Å². The summed E-state index contributed by atoms with van der Waals surface area (Å²) in [7, 11) is 0. The Balaban J connectivity index is 1.74. The first-order chi connectivity index (χ1) is 12.4. The monoisotopic (exact) mass is 354 g/mol. The van der Waals surface area contributed by atoms with Gasteiger partial charge in [-0.15, -0.1) is 0 Å². The lowest BCUT2D eigenvalue weighted by Crippen LogP contribution is -2.33. The Morgan fingerprint density at radius 3 is 2.73 bits per heavy atom. The first kappa shape index (κ1) is 19.7. The highest BCUT2D eigenvalue weighted by Crippen LogP contribution is 2.58. The molecular formula is C25H38O. The van der Waals surface area contributed by atoms with Crippen LogP contribution >= 0.6 is 0 Å². The van der Waals surface area contributed by atoms with E-state index in [1.807, 2.05) is 0 Å². The molecule has 1 heteroatoms. The number of rotatable bonds is 4. The molecule has 3 rings (SSSR count). The Kier molecular flexibility index (Phi) is 6.28. The van der Waals surface area contributed by atoms with E-state index in [9.17, 15) is 5.11 Å². The number of hydrogen-bond donors (Lipinski definition) is 1. The summed E-state index contributed by atoms with van der Waals surface area (Å²) in [5.74, 6) is 2.25. The fraction of sp³-hybridized carbons (Fsp3) is 0.680. The molecule has 3 saturated carbocycles. The topological polar surface area (TPSA) is 20.2 Å². The number of aliphatic hydroxyl groups excluding tert-OH is 1. The summed E-state index contributed by atoms with van der Waals surface area (Å²) in [4.78, 5) is 0. The normalized spacial score (nSPS) is 38.7. The summed E-state index contributed by atoms with van der Waals surface area (Å²) < 4.78 is 0. The van der Waals surface area contributed by atoms with Crippen molar-refractivity contribution in [2.75, 3.05) is 0 Å². The van der Waals surface area contributed by atoms with E-state index in [0.29, 0.717) is 11.3 Å². The van der Waals surface area contributed by atoms with Gasteiger partial charge < -0.3 is 5.11 Å². The molecule has 0 bridgehead atoms. The van der Waals surface area contributed by atoms with Crippen molar-refractivity contribution in [2.24, 2.45) is 23.2 Å². The van der Waals surface area contributed by atoms with Crippen molar-refractivity contribution >= 4 is 0 Å². The van der Waals surface area contributed by atoms with Gasteiger partial charge in [0, 0.05) is 0 Å². The number of hydrogen-bond acceptors (Lipinski definition) is 1. The van der Waals surface area contributed by atoms with Gasteiger partial charge in [-0.3, -0.25) is 0 Å². The summed E-state index contributed by atoms with van der Waals surface area (Å²) >= 11 is 0. The summed E-state index contributed by atoms with van der Waals surface area (Å²) in [6.07, 6.45) is 20.2. The highest BCUT2D eigenvalue weighted by molar-refractivity contribution is 5.37. The maximum Gasteiger partial charge on any atom is 0.0787 e. The SMILES string of the molecule is C=C1/C(=C\C=C2/CCCC3(C)C(C/C=C/C(C)C)CCC23)CCCC1O. The molecule has 0 spiro atoms. The van der Waals surface area contributed by atoms with Crippen LogP contribution in [-0.2, 0) is 0 Å². The highest BCUT2D eigenvalue weighted by atomic mass is 16.3. The Morgan fingerprint density at radius 1 is 1.15 bits per heavy atom. The average molecular weight is 355 g/mol. The smallest absolute Gasteiger partial charge is 0.0787 e. The van der Waals surface area contributed by atoms with Crippen LogP contribution in [0.5, 0.6) is 0 Å². The minimum atomic E-state index is -0.325. The molecule has 0 radical (unpaired) electrons. The quantitative estimate of drug-likeness (QED) is 0.553. The molecule has 4 unspecified atom stereocenters. The van der Waals surface area contributed by atoms with Crippen LogP contribution in [-0.4, -0.2) is 11.2 Å². The predicted molar refractivity (Wildman–Crippen MR) is 112 cm³/mol. The predicted octanol–water partition coefficient (Wildman–Crippen LogP) is 6.76. The zero-order valence-electron chi connectivity index (χ0n) is 17.1. The lowest BCUT2D eigenvalue weighted by molar-refractivity contribution is 0.137. The molecule has 1 N–H and O–H groups in total. The molecule has 0 heterocycles. The summed E-state index contributed by atoms with van der Waals surface area (Å²) in [5, 5.41) is 10.1. The van der Waals surface area contributed by atoms with Crippen LogP contribution in [0, 0.1) is 23.2 Å². The third-order valence-electron chi connectivity index (χ3n) is 7.34. The Bertz CT molecular complexity index is 606. The zero-order chi connectivity index (χ0) is 18.7. The second kappa shape index (κ2) is 8.30. The van der Waals surface area contributed by atoms with Crippen molar-refractivity contribution in [1.29, 1.82) is 0 Å². The highest BCUT2D eigenvalue weighted by Gasteiger charge is 2.48. The third kappa shape index (κ3) is 4.09. The minimum Gasteiger partial charge on any atom is -0.388 e. The van der Waals surface area contributed by atoms with Crippen LogP contribution in [0.25, 0.3) is 0 Å². The molecule has 0 aromatic rings. The van der Waals surface area contributed by atoms with E-state index in [4.69, 9.17) is 0 Å². The van der Waals surface area contributed by atoms with Crippen molar-refractivity contribution in [1.82, 2.24) is 0 Å². The lowest BCUT2D eigenvalue weighted by Gasteiger charge is -2.42. The van der Waals surface area contributed by atoms with E-state index in [1.165, 1.54) is 44.1 Å². The fourth-order valence-corrected chi connectivity index (χ4v) is 5.68. The molecule has 0 aliphatic heterocycles. The van der Waals surface area contributed by atoms with Gasteiger partial charge in [-0.25, -0.2) is 0 Å². The molecule has 0 aromatic carbocycles. The van der Waals surface area contributed by atoms with Crippen LogP contribution in [0.2, 0.25) is 0 Å². The van der Waals surface area contributed by atoms with Crippen molar-refractivity contribution in [3.63, 3.8) is 0 Å². The second-order valence-corrected chi connectivity index (χ2v) is 9.46. The molecule has 0 aromatic heterocycles. The fourth-order valence-electron chi connectivity index (χ4n) is 5.68. The molecule has 3 fully saturated rings. The summed E-state index contributed by atoms with van der Waals surface area (Å²) in [6, 6.07) is 0. The van der Waals surface area contributed by atoms with Crippen molar-refractivity contribution < 1.29 is 5.11 Å². The molecule has 0 saturated heterocycles. The van der Waals surface area contributed by atoms with E-state index >= 15 is 0 Å². The maximum absolute atomic E-state index is 10.1. The largest absolute Gasteiger partial charge is 0.388 e. The van der Waals surface area contributed by atoms with Gasteiger partial charge in [0.2, 0.25) is 0 Å². The van der Waals surface area contributed by atoms with E-state index in [0.717, 1.165) is 36.7 Å². The Hall–Kier alpha value is -1.08. The van der Waals surface area contributed by atoms with Crippen LogP contribution in [0.1, 0.15) is 78.6 Å². The van der Waals surface area contributed by atoms with Gasteiger partial charge in [0.05, 0.1) is 6.10 Å². The van der Waals surface area contributed by atoms with Gasteiger partial charge in [0.1, 0.15) is 0 Å². The van der Waals surface area contributed by atoms with Crippen LogP contribution < -0.4 is 0 Å². The molecule has 4 atom stereocenters. The molecule has 3 aliphatic carbocycles. The van der Waals surface area contributed by atoms with Gasteiger partial charge in [0.25, 0.3) is 0 Å². The van der Waals surface area contributed by atoms with E-state index in [-0.39, 0.29) is 6.10 Å². The molecule has 3 aliphatic rings. The van der Waals surface area contributed by atoms with Gasteiger partial charge in [-0.05, 0) is 92.1 Å². The number of allylic oxidation sites excluding steroid dienone is 5. The first-order valence-corrected chi connectivity index (χ1v) is 10.9. The molecular weight excluding hydrogens is 316 g/mol. The second-order valence-electron chi connectivity index (χ2n) is 9.46. The van der Waals surface area contributed by atoms with Gasteiger partial charge in [-0.1, -0.05) is 57.2 Å². The third-order valence-corrected chi connectivity index (χ3v) is 7.34. The first-order valence-electron chi connectivity index (χ1n) is 10.9. The van der Waals surface area contributed by atoms with Gasteiger partial charge in [-0.2, -0.15) is 0 Å². The van der Waals surface area contributed by atoms with Crippen molar-refractivity contribution in [3.05, 3.63) is 47.6 Å². The minimum absolute atomic E-state index is 0.325. The van der Waals surface area contributed by atoms with Gasteiger partial charge in [0.15, 0.2) is 0 Å². The molecule has 0 amide bonds. The molecule has 26 heavy (non-hydrogen) atoms.